The Labute approximate surface area is 254 Å². The fourth-order valence-electron chi connectivity index (χ4n) is 5.85. The van der Waals surface area contributed by atoms with Crippen LogP contribution in [0.1, 0.15) is 78.3 Å². The Hall–Kier alpha value is -3.54. The number of rotatable bonds is 8. The Balaban J connectivity index is 1.70. The van der Waals surface area contributed by atoms with Crippen LogP contribution in [0, 0.1) is 5.92 Å². The van der Waals surface area contributed by atoms with E-state index < -0.39 is 47.1 Å². The molecule has 45 heavy (non-hydrogen) atoms. The number of carbonyl (C=O) groups is 1. The molecule has 3 nitrogen and oxygen atoms in total. The van der Waals surface area contributed by atoms with E-state index in [1.54, 1.807) is 23.1 Å². The van der Waals surface area contributed by atoms with Gasteiger partial charge in [0, 0.05) is 13.1 Å². The number of carboxylic acid groups (broad SMARTS) is 1. The van der Waals surface area contributed by atoms with Crippen molar-refractivity contribution in [2.45, 2.75) is 70.0 Å². The minimum Gasteiger partial charge on any atom is -0.481 e. The summed E-state index contributed by atoms with van der Waals surface area (Å²) in [5.41, 5.74) is -1.79. The average Bonchev–Trinajstić information content (AvgIpc) is 2.94. The zero-order valence-electron chi connectivity index (χ0n) is 24.5. The zero-order chi connectivity index (χ0) is 33.3. The number of carboxylic acids is 1. The molecule has 3 aromatic carbocycles. The van der Waals surface area contributed by atoms with Gasteiger partial charge in [-0.3, -0.25) is 9.69 Å². The monoisotopic (exact) mass is 645 g/mol. The number of piperidine rings is 1. The molecule has 3 aromatic rings. The first-order chi connectivity index (χ1) is 20.8. The van der Waals surface area contributed by atoms with Crippen LogP contribution in [0.4, 0.5) is 39.5 Å². The van der Waals surface area contributed by atoms with Gasteiger partial charge in [0.15, 0.2) is 0 Å². The van der Waals surface area contributed by atoms with Gasteiger partial charge in [0.2, 0.25) is 0 Å². The summed E-state index contributed by atoms with van der Waals surface area (Å²) in [5, 5.41) is 10.0. The number of alkyl halides is 9. The van der Waals surface area contributed by atoms with Crippen LogP contribution < -0.4 is 0 Å². The van der Waals surface area contributed by atoms with Crippen molar-refractivity contribution in [3.05, 3.63) is 94.0 Å². The van der Waals surface area contributed by atoms with E-state index in [0.717, 1.165) is 18.2 Å². The van der Waals surface area contributed by atoms with Crippen LogP contribution >= 0.6 is 0 Å². The molecule has 244 valence electrons. The van der Waals surface area contributed by atoms with Gasteiger partial charge in [-0.25, -0.2) is 0 Å². The summed E-state index contributed by atoms with van der Waals surface area (Å²) in [4.78, 5) is 14.0. The molecule has 1 aliphatic rings. The minimum absolute atomic E-state index is 0.0148. The van der Waals surface area contributed by atoms with Crippen LogP contribution in [0.5, 0.6) is 0 Å². The Morgan fingerprint density at radius 1 is 0.822 bits per heavy atom. The third-order valence-electron chi connectivity index (χ3n) is 8.04. The fourth-order valence-corrected chi connectivity index (χ4v) is 5.85. The first kappa shape index (κ1) is 34.3. The summed E-state index contributed by atoms with van der Waals surface area (Å²) in [7, 11) is 0. The van der Waals surface area contributed by atoms with Crippen molar-refractivity contribution < 1.29 is 49.4 Å². The van der Waals surface area contributed by atoms with Crippen LogP contribution in [0.2, 0.25) is 0 Å². The molecule has 0 bridgehead atoms. The summed E-state index contributed by atoms with van der Waals surface area (Å²) in [6, 6.07) is 11.2. The molecule has 0 aliphatic carbocycles. The predicted octanol–water partition coefficient (Wildman–Crippen LogP) is 10.0. The number of benzene rings is 3. The van der Waals surface area contributed by atoms with Crippen LogP contribution in [0.15, 0.2) is 60.7 Å². The van der Waals surface area contributed by atoms with Crippen molar-refractivity contribution in [1.82, 2.24) is 4.90 Å². The van der Waals surface area contributed by atoms with Gasteiger partial charge in [0.05, 0.1) is 22.6 Å². The summed E-state index contributed by atoms with van der Waals surface area (Å²) >= 11 is 0. The van der Waals surface area contributed by atoms with E-state index in [-0.39, 0.29) is 36.6 Å². The van der Waals surface area contributed by atoms with Gasteiger partial charge in [-0.15, -0.1) is 0 Å². The second kappa shape index (κ2) is 13.1. The van der Waals surface area contributed by atoms with Crippen LogP contribution in [0.25, 0.3) is 11.1 Å². The van der Waals surface area contributed by atoms with Crippen molar-refractivity contribution in [2.75, 3.05) is 13.1 Å². The van der Waals surface area contributed by atoms with Crippen molar-refractivity contribution in [3.63, 3.8) is 0 Å². The quantitative estimate of drug-likeness (QED) is 0.248. The van der Waals surface area contributed by atoms with Crippen molar-refractivity contribution in [2.24, 2.45) is 5.92 Å². The summed E-state index contributed by atoms with van der Waals surface area (Å²) in [6.45, 7) is 4.12. The Bertz CT molecular complexity index is 1490. The van der Waals surface area contributed by atoms with Crippen molar-refractivity contribution >= 4 is 5.97 Å². The van der Waals surface area contributed by atoms with E-state index in [1.165, 1.54) is 12.1 Å². The molecule has 0 spiro atoms. The largest absolute Gasteiger partial charge is 0.481 e. The number of halogens is 9. The molecule has 12 heteroatoms. The van der Waals surface area contributed by atoms with E-state index in [1.807, 2.05) is 13.8 Å². The molecule has 0 aromatic heterocycles. The van der Waals surface area contributed by atoms with Gasteiger partial charge in [-0.2, -0.15) is 39.5 Å². The lowest BCUT2D eigenvalue weighted by molar-refractivity contribution is -0.144. The summed E-state index contributed by atoms with van der Waals surface area (Å²) in [6.07, 6.45) is -13.0. The first-order valence-corrected chi connectivity index (χ1v) is 14.4. The van der Waals surface area contributed by atoms with Gasteiger partial charge < -0.3 is 5.11 Å². The number of hydrogen-bond acceptors (Lipinski definition) is 2. The third kappa shape index (κ3) is 8.59. The SMILES string of the molecule is CC(C)CC(C(=O)O)c1cc(-c2ccc(C(F)(F)F)cc2)cc(C2CCCN(Cc3ccc(C(F)(F)F)cc3C(F)(F)F)C2)c1. The van der Waals surface area contributed by atoms with E-state index in [4.69, 9.17) is 0 Å². The molecule has 0 radical (unpaired) electrons. The van der Waals surface area contributed by atoms with E-state index >= 15 is 0 Å². The van der Waals surface area contributed by atoms with E-state index in [9.17, 15) is 49.4 Å². The number of nitrogens with zero attached hydrogens (tertiary/aromatic N) is 1. The smallest absolute Gasteiger partial charge is 0.416 e. The van der Waals surface area contributed by atoms with Crippen LogP contribution in [-0.2, 0) is 29.9 Å². The number of hydrogen-bond donors (Lipinski definition) is 1. The highest BCUT2D eigenvalue weighted by molar-refractivity contribution is 5.78. The number of aliphatic carboxylic acids is 1. The van der Waals surface area contributed by atoms with E-state index in [2.05, 4.69) is 0 Å². The summed E-state index contributed by atoms with van der Waals surface area (Å²) < 4.78 is 120. The lowest BCUT2D eigenvalue weighted by Gasteiger charge is -2.34. The molecule has 2 atom stereocenters. The second-order valence-corrected chi connectivity index (χ2v) is 11.9. The standard InChI is InChI=1S/C33H32F9NO2/c1-19(2)12-28(30(44)45)25-14-23(20-5-8-26(9-6-20)31(34,35)36)13-24(15-25)21-4-3-11-43(17-21)18-22-7-10-27(32(37,38)39)16-29(22)33(40,41)42/h5-10,13-16,19,21,28H,3-4,11-12,17-18H2,1-2H3,(H,44,45). The molecular formula is C33H32F9NO2. The van der Waals surface area contributed by atoms with Crippen molar-refractivity contribution in [1.29, 1.82) is 0 Å². The first-order valence-electron chi connectivity index (χ1n) is 14.4. The Morgan fingerprint density at radius 3 is 2.00 bits per heavy atom. The topological polar surface area (TPSA) is 40.5 Å². The molecule has 0 saturated carbocycles. The third-order valence-corrected chi connectivity index (χ3v) is 8.04. The highest BCUT2D eigenvalue weighted by Crippen LogP contribution is 2.40. The van der Waals surface area contributed by atoms with Gasteiger partial charge in [0.1, 0.15) is 0 Å². The number of likely N-dealkylation sites (tertiary alicyclic amines) is 1. The molecular weight excluding hydrogens is 613 g/mol. The van der Waals surface area contributed by atoms with Gasteiger partial charge in [-0.1, -0.05) is 50.2 Å². The molecule has 1 saturated heterocycles. The molecule has 0 amide bonds. The van der Waals surface area contributed by atoms with E-state index in [0.29, 0.717) is 54.1 Å². The second-order valence-electron chi connectivity index (χ2n) is 11.9. The lowest BCUT2D eigenvalue weighted by Crippen LogP contribution is -2.34. The highest BCUT2D eigenvalue weighted by atomic mass is 19.4. The van der Waals surface area contributed by atoms with Crippen molar-refractivity contribution in [3.8, 4) is 11.1 Å². The normalized spacial score (nSPS) is 17.5. The molecule has 1 heterocycles. The predicted molar refractivity (Wildman–Crippen MR) is 150 cm³/mol. The molecule has 1 aliphatic heterocycles. The average molecular weight is 646 g/mol. The Kier molecular flexibility index (Phi) is 9.96. The Morgan fingerprint density at radius 2 is 1.44 bits per heavy atom. The molecule has 1 fully saturated rings. The lowest BCUT2D eigenvalue weighted by atomic mass is 9.83. The minimum atomic E-state index is -5.00. The fraction of sp³-hybridized carbons (Fsp3) is 0.424. The van der Waals surface area contributed by atoms with Gasteiger partial charge in [0.25, 0.3) is 0 Å². The maximum atomic E-state index is 13.8. The summed E-state index contributed by atoms with van der Waals surface area (Å²) in [5.74, 6) is -2.23. The maximum Gasteiger partial charge on any atom is 0.416 e. The molecule has 1 N–H and O–H groups in total. The zero-order valence-corrected chi connectivity index (χ0v) is 24.5. The highest BCUT2D eigenvalue weighted by Gasteiger charge is 2.39. The maximum absolute atomic E-state index is 13.8. The van der Waals surface area contributed by atoms with Crippen LogP contribution in [-0.4, -0.2) is 29.1 Å². The van der Waals surface area contributed by atoms with Gasteiger partial charge in [-0.05, 0) is 89.7 Å². The van der Waals surface area contributed by atoms with Crippen LogP contribution in [0.3, 0.4) is 0 Å². The van der Waals surface area contributed by atoms with Gasteiger partial charge >= 0.3 is 24.5 Å². The molecule has 2 unspecified atom stereocenters. The molecule has 4 rings (SSSR count).